The minimum atomic E-state index is -0.397. The number of aromatic amines is 1. The van der Waals surface area contributed by atoms with Crippen LogP contribution in [0.3, 0.4) is 0 Å². The summed E-state index contributed by atoms with van der Waals surface area (Å²) in [6, 6.07) is 4.03. The topological polar surface area (TPSA) is 86.0 Å². The number of fused-ring (bicyclic) bond motifs is 1. The number of carbonyl (C=O) groups excluding carboxylic acids is 2. The molecule has 0 unspecified atom stereocenters. The van der Waals surface area contributed by atoms with Crippen LogP contribution in [0.2, 0.25) is 0 Å². The number of hydrogen-bond donors (Lipinski definition) is 4. The van der Waals surface area contributed by atoms with Crippen LogP contribution in [0, 0.1) is 12.7 Å². The first-order valence-electron chi connectivity index (χ1n) is 8.58. The van der Waals surface area contributed by atoms with Crippen molar-refractivity contribution in [2.75, 3.05) is 17.2 Å². The molecule has 134 valence electrons. The first-order chi connectivity index (χ1) is 12.5. The summed E-state index contributed by atoms with van der Waals surface area (Å²) in [5.41, 5.74) is 3.70. The molecule has 0 radical (unpaired) electrons. The van der Waals surface area contributed by atoms with Gasteiger partial charge >= 0.3 is 0 Å². The lowest BCUT2D eigenvalue weighted by Crippen LogP contribution is -2.35. The minimum Gasteiger partial charge on any atom is -0.360 e. The Morgan fingerprint density at radius 3 is 3.00 bits per heavy atom. The van der Waals surface area contributed by atoms with E-state index in [0.717, 1.165) is 24.9 Å². The van der Waals surface area contributed by atoms with Crippen LogP contribution >= 0.6 is 0 Å². The molecule has 1 fully saturated rings. The monoisotopic (exact) mass is 354 g/mol. The average Bonchev–Trinajstić information content (AvgIpc) is 3.32. The number of H-pyrrole nitrogens is 1. The molecule has 1 aromatic heterocycles. The fourth-order valence-corrected chi connectivity index (χ4v) is 3.37. The number of benzene rings is 1. The van der Waals surface area contributed by atoms with Crippen molar-refractivity contribution in [3.05, 3.63) is 47.0 Å². The molecule has 4 N–H and O–H groups in total. The molecule has 7 heteroatoms. The van der Waals surface area contributed by atoms with Gasteiger partial charge in [-0.1, -0.05) is 0 Å². The van der Waals surface area contributed by atoms with Crippen LogP contribution in [0.5, 0.6) is 0 Å². The van der Waals surface area contributed by atoms with Gasteiger partial charge in [-0.3, -0.25) is 9.59 Å². The zero-order valence-electron chi connectivity index (χ0n) is 14.3. The van der Waals surface area contributed by atoms with E-state index in [1.54, 1.807) is 18.3 Å². The third kappa shape index (κ3) is 2.90. The Morgan fingerprint density at radius 1 is 1.38 bits per heavy atom. The van der Waals surface area contributed by atoms with Gasteiger partial charge in [0.15, 0.2) is 0 Å². The van der Waals surface area contributed by atoms with Crippen molar-refractivity contribution in [1.82, 2.24) is 10.3 Å². The van der Waals surface area contributed by atoms with Crippen LogP contribution in [-0.2, 0) is 9.59 Å². The van der Waals surface area contributed by atoms with Crippen LogP contribution in [0.25, 0.3) is 11.6 Å². The predicted molar refractivity (Wildman–Crippen MR) is 98.1 cm³/mol. The third-order valence-corrected chi connectivity index (χ3v) is 4.87. The van der Waals surface area contributed by atoms with Gasteiger partial charge in [0.1, 0.15) is 5.82 Å². The smallest absolute Gasteiger partial charge is 0.256 e. The Morgan fingerprint density at radius 2 is 2.23 bits per heavy atom. The molecule has 2 aromatic rings. The molecule has 3 heterocycles. The second kappa shape index (κ2) is 6.42. The summed E-state index contributed by atoms with van der Waals surface area (Å²) in [6.07, 6.45) is 5.20. The molecule has 1 atom stereocenters. The summed E-state index contributed by atoms with van der Waals surface area (Å²) in [5.74, 6) is -0.735. The summed E-state index contributed by atoms with van der Waals surface area (Å²) in [4.78, 5) is 27.6. The lowest BCUT2D eigenvalue weighted by atomic mass is 10.0. The summed E-state index contributed by atoms with van der Waals surface area (Å²) < 4.78 is 13.5. The second-order valence-electron chi connectivity index (χ2n) is 6.58. The number of nitrogens with one attached hydrogen (secondary N) is 4. The Labute approximate surface area is 149 Å². The van der Waals surface area contributed by atoms with Crippen molar-refractivity contribution >= 4 is 34.8 Å². The van der Waals surface area contributed by atoms with Crippen LogP contribution in [0.4, 0.5) is 15.8 Å². The van der Waals surface area contributed by atoms with E-state index in [1.807, 2.05) is 6.92 Å². The fraction of sp³-hybridized carbons (Fsp3) is 0.263. The van der Waals surface area contributed by atoms with Gasteiger partial charge in [-0.15, -0.1) is 0 Å². The number of carbonyl (C=O) groups is 2. The highest BCUT2D eigenvalue weighted by atomic mass is 19.1. The number of anilines is 2. The Hall–Kier alpha value is -2.93. The zero-order valence-corrected chi connectivity index (χ0v) is 14.3. The fourth-order valence-electron chi connectivity index (χ4n) is 3.37. The largest absolute Gasteiger partial charge is 0.360 e. The van der Waals surface area contributed by atoms with Gasteiger partial charge < -0.3 is 20.9 Å². The van der Waals surface area contributed by atoms with E-state index in [2.05, 4.69) is 20.9 Å². The number of halogens is 1. The maximum absolute atomic E-state index is 13.5. The minimum absolute atomic E-state index is 0.0603. The molecule has 6 nitrogen and oxygen atoms in total. The molecule has 26 heavy (non-hydrogen) atoms. The van der Waals surface area contributed by atoms with Gasteiger partial charge in [0.2, 0.25) is 5.91 Å². The molecule has 0 saturated carbocycles. The first kappa shape index (κ1) is 16.5. The van der Waals surface area contributed by atoms with Gasteiger partial charge in [0, 0.05) is 23.1 Å². The first-order valence-corrected chi connectivity index (χ1v) is 8.58. The summed E-state index contributed by atoms with van der Waals surface area (Å²) in [6.45, 7) is 2.71. The van der Waals surface area contributed by atoms with Gasteiger partial charge in [-0.05, 0) is 56.1 Å². The molecule has 4 rings (SSSR count). The van der Waals surface area contributed by atoms with Crippen LogP contribution in [0.15, 0.2) is 24.4 Å². The van der Waals surface area contributed by atoms with Crippen molar-refractivity contribution in [3.8, 4) is 0 Å². The Kier molecular flexibility index (Phi) is 4.08. The number of hydrogen-bond acceptors (Lipinski definition) is 3. The standard InChI is InChI=1S/C19H19FN4O2/c1-10-16(22-9-17(10)24-19(26)15-3-2-6-21-15)8-13-12-7-11(20)4-5-14(12)23-18(13)25/h4-5,7-9,15,21-22H,2-3,6H2,1H3,(H,23,25)(H,24,26)/b13-8-/t15-/m1/s1. The van der Waals surface area contributed by atoms with E-state index in [4.69, 9.17) is 0 Å². The Bertz CT molecular complexity index is 926. The summed E-state index contributed by atoms with van der Waals surface area (Å²) >= 11 is 0. The molecule has 0 bridgehead atoms. The van der Waals surface area contributed by atoms with Crippen molar-refractivity contribution < 1.29 is 14.0 Å². The molecular weight excluding hydrogens is 335 g/mol. The van der Waals surface area contributed by atoms with E-state index in [1.165, 1.54) is 12.1 Å². The van der Waals surface area contributed by atoms with Crippen LogP contribution < -0.4 is 16.0 Å². The highest BCUT2D eigenvalue weighted by Crippen LogP contribution is 2.34. The highest BCUT2D eigenvalue weighted by Gasteiger charge is 2.26. The van der Waals surface area contributed by atoms with Gasteiger partial charge in [-0.2, -0.15) is 0 Å². The second-order valence-corrected chi connectivity index (χ2v) is 6.58. The summed E-state index contributed by atoms with van der Waals surface area (Å²) in [7, 11) is 0. The van der Waals surface area contributed by atoms with Gasteiger partial charge in [-0.25, -0.2) is 4.39 Å². The van der Waals surface area contributed by atoms with Crippen molar-refractivity contribution in [2.24, 2.45) is 0 Å². The van der Waals surface area contributed by atoms with Crippen LogP contribution in [0.1, 0.15) is 29.7 Å². The third-order valence-electron chi connectivity index (χ3n) is 4.87. The molecule has 1 aromatic carbocycles. The molecule has 0 aliphatic carbocycles. The molecule has 2 aliphatic heterocycles. The number of rotatable bonds is 3. The molecule has 1 saturated heterocycles. The quantitative estimate of drug-likeness (QED) is 0.639. The molecular formula is C19H19FN4O2. The van der Waals surface area contributed by atoms with Gasteiger partial charge in [0.05, 0.1) is 17.3 Å². The Balaban J connectivity index is 1.61. The highest BCUT2D eigenvalue weighted by molar-refractivity contribution is 6.34. The maximum atomic E-state index is 13.5. The lowest BCUT2D eigenvalue weighted by molar-refractivity contribution is -0.117. The maximum Gasteiger partial charge on any atom is 0.256 e. The average molecular weight is 354 g/mol. The zero-order chi connectivity index (χ0) is 18.3. The number of amides is 2. The van der Waals surface area contributed by atoms with E-state index < -0.39 is 5.82 Å². The van der Waals surface area contributed by atoms with E-state index in [9.17, 15) is 14.0 Å². The molecule has 2 aliphatic rings. The normalized spacial score (nSPS) is 20.3. The van der Waals surface area contributed by atoms with Crippen LogP contribution in [-0.4, -0.2) is 29.4 Å². The van der Waals surface area contributed by atoms with E-state index in [0.29, 0.717) is 28.2 Å². The SMILES string of the molecule is Cc1c(NC(=O)[C@H]2CCCN2)c[nH]c1/C=C1\C(=O)Nc2ccc(F)cc21. The summed E-state index contributed by atoms with van der Waals surface area (Å²) in [5, 5.41) is 8.80. The molecule has 0 spiro atoms. The van der Waals surface area contributed by atoms with E-state index in [-0.39, 0.29) is 17.9 Å². The predicted octanol–water partition coefficient (Wildman–Crippen LogP) is 2.65. The number of aromatic nitrogens is 1. The van der Waals surface area contributed by atoms with Crippen molar-refractivity contribution in [2.45, 2.75) is 25.8 Å². The van der Waals surface area contributed by atoms with E-state index >= 15 is 0 Å². The lowest BCUT2D eigenvalue weighted by Gasteiger charge is -2.10. The van der Waals surface area contributed by atoms with Crippen molar-refractivity contribution in [3.63, 3.8) is 0 Å². The van der Waals surface area contributed by atoms with Crippen molar-refractivity contribution in [1.29, 1.82) is 0 Å². The van der Waals surface area contributed by atoms with Gasteiger partial charge in [0.25, 0.3) is 5.91 Å². The molecule has 2 amide bonds.